The minimum Gasteiger partial charge on any atom is -0.300 e. The fraction of sp³-hybridized carbons (Fsp3) is 0.625. The zero-order valence-corrected chi connectivity index (χ0v) is 11.8. The van der Waals surface area contributed by atoms with Gasteiger partial charge in [-0.2, -0.15) is 0 Å². The van der Waals surface area contributed by atoms with Gasteiger partial charge < -0.3 is 4.90 Å². The predicted octanol–water partition coefficient (Wildman–Crippen LogP) is 2.84. The van der Waals surface area contributed by atoms with Gasteiger partial charge in [0.1, 0.15) is 5.69 Å². The van der Waals surface area contributed by atoms with Crippen LogP contribution in [0, 0.1) is 12.8 Å². The Kier molecular flexibility index (Phi) is 3.40. The Balaban J connectivity index is 1.80. The molecule has 2 unspecified atom stereocenters. The second-order valence-electron chi connectivity index (χ2n) is 6.11. The summed E-state index contributed by atoms with van der Waals surface area (Å²) >= 11 is 0. The first-order valence-electron chi connectivity index (χ1n) is 7.34. The van der Waals surface area contributed by atoms with Crippen molar-refractivity contribution in [1.82, 2.24) is 9.88 Å². The lowest BCUT2D eigenvalue weighted by atomic mass is 9.76. The van der Waals surface area contributed by atoms with E-state index >= 15 is 0 Å². The van der Waals surface area contributed by atoms with Crippen LogP contribution in [0.25, 0.3) is 0 Å². The van der Waals surface area contributed by atoms with Gasteiger partial charge in [0.15, 0.2) is 5.78 Å². The molecule has 102 valence electrons. The normalized spacial score (nSPS) is 31.2. The first kappa shape index (κ1) is 12.8. The molecule has 1 aromatic heterocycles. The molecule has 2 saturated heterocycles. The number of rotatable bonds is 2. The summed E-state index contributed by atoms with van der Waals surface area (Å²) in [6.07, 6.45) is 7.58. The molecule has 2 atom stereocenters. The maximum atomic E-state index is 12.7. The van der Waals surface area contributed by atoms with Crippen LogP contribution >= 0.6 is 0 Å². The van der Waals surface area contributed by atoms with E-state index in [-0.39, 0.29) is 11.7 Å². The summed E-state index contributed by atoms with van der Waals surface area (Å²) in [5.41, 5.74) is 1.70. The Bertz CT molecular complexity index is 471. The summed E-state index contributed by atoms with van der Waals surface area (Å²) in [5.74, 6) is 0.447. The molecule has 0 aromatic carbocycles. The van der Waals surface area contributed by atoms with Gasteiger partial charge in [-0.05, 0) is 51.3 Å². The monoisotopic (exact) mass is 258 g/mol. The molecule has 0 amide bonds. The molecule has 1 aromatic rings. The minimum absolute atomic E-state index is 0.181. The van der Waals surface area contributed by atoms with E-state index in [1.54, 1.807) is 6.20 Å². The number of fused-ring (bicyclic) bond motifs is 2. The number of aryl methyl sites for hydroxylation is 1. The number of nitrogens with zero attached hydrogens (tertiary/aromatic N) is 2. The van der Waals surface area contributed by atoms with Gasteiger partial charge in [-0.3, -0.25) is 9.78 Å². The van der Waals surface area contributed by atoms with Gasteiger partial charge in [0.2, 0.25) is 0 Å². The van der Waals surface area contributed by atoms with Crippen molar-refractivity contribution in [2.45, 2.75) is 51.1 Å². The standard InChI is InChI=1S/C16H22N2O/c1-11-5-4-8-17-15(11)16(19)12-9-13-6-3-7-14(10-12)18(13)2/h4-5,8,12-14H,3,6-7,9-10H2,1-2H3. The molecular formula is C16H22N2O. The highest BCUT2D eigenvalue weighted by molar-refractivity contribution is 5.97. The van der Waals surface area contributed by atoms with Crippen molar-refractivity contribution in [2.75, 3.05) is 7.05 Å². The first-order valence-corrected chi connectivity index (χ1v) is 7.34. The lowest BCUT2D eigenvalue weighted by Crippen LogP contribution is -2.51. The van der Waals surface area contributed by atoms with Crippen molar-refractivity contribution in [3.8, 4) is 0 Å². The Morgan fingerprint density at radius 2 is 2.00 bits per heavy atom. The second kappa shape index (κ2) is 5.04. The summed E-state index contributed by atoms with van der Waals surface area (Å²) in [6, 6.07) is 5.09. The molecule has 3 heterocycles. The van der Waals surface area contributed by atoms with E-state index in [0.717, 1.165) is 18.4 Å². The lowest BCUT2D eigenvalue weighted by molar-refractivity contribution is 0.0336. The number of hydrogen-bond donors (Lipinski definition) is 0. The third kappa shape index (κ3) is 2.32. The number of ketones is 1. The Morgan fingerprint density at radius 1 is 1.32 bits per heavy atom. The van der Waals surface area contributed by atoms with E-state index in [1.165, 1.54) is 19.3 Å². The molecule has 3 rings (SSSR count). The number of aromatic nitrogens is 1. The van der Waals surface area contributed by atoms with Gasteiger partial charge in [0.25, 0.3) is 0 Å². The third-order valence-electron chi connectivity index (χ3n) is 4.95. The molecule has 2 aliphatic rings. The molecule has 2 fully saturated rings. The lowest BCUT2D eigenvalue weighted by Gasteiger charge is -2.46. The number of hydrogen-bond acceptors (Lipinski definition) is 3. The van der Waals surface area contributed by atoms with Crippen LogP contribution in [0.15, 0.2) is 18.3 Å². The molecule has 0 radical (unpaired) electrons. The van der Waals surface area contributed by atoms with Crippen molar-refractivity contribution in [3.05, 3.63) is 29.6 Å². The van der Waals surface area contributed by atoms with Crippen LogP contribution in [0.3, 0.4) is 0 Å². The molecular weight excluding hydrogens is 236 g/mol. The Labute approximate surface area is 115 Å². The van der Waals surface area contributed by atoms with Crippen molar-refractivity contribution < 1.29 is 4.79 Å². The van der Waals surface area contributed by atoms with Gasteiger partial charge >= 0.3 is 0 Å². The van der Waals surface area contributed by atoms with Gasteiger partial charge in [0.05, 0.1) is 0 Å². The zero-order valence-electron chi connectivity index (χ0n) is 11.8. The zero-order chi connectivity index (χ0) is 13.4. The average Bonchev–Trinajstić information content (AvgIpc) is 2.38. The van der Waals surface area contributed by atoms with Crippen LogP contribution < -0.4 is 0 Å². The summed E-state index contributed by atoms with van der Waals surface area (Å²) in [6.45, 7) is 1.98. The van der Waals surface area contributed by atoms with Crippen LogP contribution in [0.4, 0.5) is 0 Å². The van der Waals surface area contributed by atoms with Crippen LogP contribution in [-0.2, 0) is 0 Å². The maximum absolute atomic E-state index is 12.7. The van der Waals surface area contributed by atoms with Gasteiger partial charge in [-0.1, -0.05) is 12.5 Å². The molecule has 0 saturated carbocycles. The Morgan fingerprint density at radius 3 is 2.63 bits per heavy atom. The average molecular weight is 258 g/mol. The van der Waals surface area contributed by atoms with Crippen molar-refractivity contribution >= 4 is 5.78 Å². The quantitative estimate of drug-likeness (QED) is 0.765. The molecule has 19 heavy (non-hydrogen) atoms. The molecule has 3 nitrogen and oxygen atoms in total. The van der Waals surface area contributed by atoms with Gasteiger partial charge in [0, 0.05) is 24.2 Å². The molecule has 2 aliphatic heterocycles. The van der Waals surface area contributed by atoms with E-state index in [4.69, 9.17) is 0 Å². The van der Waals surface area contributed by atoms with Crippen molar-refractivity contribution in [2.24, 2.45) is 5.92 Å². The number of piperidine rings is 2. The first-order chi connectivity index (χ1) is 9.16. The van der Waals surface area contributed by atoms with E-state index < -0.39 is 0 Å². The van der Waals surface area contributed by atoms with E-state index in [0.29, 0.717) is 17.8 Å². The van der Waals surface area contributed by atoms with Crippen LogP contribution in [0.1, 0.15) is 48.2 Å². The Hall–Kier alpha value is -1.22. The number of pyridine rings is 1. The van der Waals surface area contributed by atoms with E-state index in [2.05, 4.69) is 16.9 Å². The molecule has 3 heteroatoms. The highest BCUT2D eigenvalue weighted by Crippen LogP contribution is 2.37. The number of Topliss-reactive ketones (excluding diaryl/α,β-unsaturated/α-hetero) is 1. The SMILES string of the molecule is Cc1cccnc1C(=O)C1CC2CCCC(C1)N2C. The van der Waals surface area contributed by atoms with Crippen LogP contribution in [-0.4, -0.2) is 34.8 Å². The predicted molar refractivity (Wildman–Crippen MR) is 75.2 cm³/mol. The summed E-state index contributed by atoms with van der Waals surface area (Å²) < 4.78 is 0. The summed E-state index contributed by atoms with van der Waals surface area (Å²) in [7, 11) is 2.22. The van der Waals surface area contributed by atoms with Crippen LogP contribution in [0.5, 0.6) is 0 Å². The highest BCUT2D eigenvalue weighted by atomic mass is 16.1. The topological polar surface area (TPSA) is 33.2 Å². The van der Waals surface area contributed by atoms with Crippen molar-refractivity contribution in [1.29, 1.82) is 0 Å². The molecule has 2 bridgehead atoms. The molecule has 0 N–H and O–H groups in total. The fourth-order valence-electron chi connectivity index (χ4n) is 3.77. The maximum Gasteiger partial charge on any atom is 0.184 e. The minimum atomic E-state index is 0.181. The van der Waals surface area contributed by atoms with Gasteiger partial charge in [-0.25, -0.2) is 0 Å². The van der Waals surface area contributed by atoms with E-state index in [1.807, 2.05) is 19.1 Å². The van der Waals surface area contributed by atoms with Crippen LogP contribution in [0.2, 0.25) is 0 Å². The summed E-state index contributed by atoms with van der Waals surface area (Å²) in [4.78, 5) is 19.5. The number of carbonyl (C=O) groups excluding carboxylic acids is 1. The number of carbonyl (C=O) groups is 1. The smallest absolute Gasteiger partial charge is 0.184 e. The molecule has 0 spiro atoms. The second-order valence-corrected chi connectivity index (χ2v) is 6.11. The van der Waals surface area contributed by atoms with E-state index in [9.17, 15) is 4.79 Å². The largest absolute Gasteiger partial charge is 0.300 e. The summed E-state index contributed by atoms with van der Waals surface area (Å²) in [5, 5.41) is 0. The third-order valence-corrected chi connectivity index (χ3v) is 4.95. The molecule has 0 aliphatic carbocycles. The van der Waals surface area contributed by atoms with Crippen molar-refractivity contribution in [3.63, 3.8) is 0 Å². The van der Waals surface area contributed by atoms with Gasteiger partial charge in [-0.15, -0.1) is 0 Å². The highest BCUT2D eigenvalue weighted by Gasteiger charge is 2.39. The fourth-order valence-corrected chi connectivity index (χ4v) is 3.77.